The molecule has 2 aromatic heterocycles. The van der Waals surface area contributed by atoms with Crippen molar-refractivity contribution in [3.63, 3.8) is 0 Å². The highest BCUT2D eigenvalue weighted by atomic mass is 16.3. The lowest BCUT2D eigenvalue weighted by atomic mass is 9.90. The molecule has 0 saturated heterocycles. The van der Waals surface area contributed by atoms with E-state index in [1.165, 1.54) is 6.42 Å². The summed E-state index contributed by atoms with van der Waals surface area (Å²) in [5.41, 5.74) is 1.23. The van der Waals surface area contributed by atoms with Crippen molar-refractivity contribution in [1.29, 1.82) is 0 Å². The second-order valence-electron chi connectivity index (χ2n) is 8.14. The van der Waals surface area contributed by atoms with Gasteiger partial charge in [0.15, 0.2) is 5.58 Å². The molecule has 0 aromatic carbocycles. The van der Waals surface area contributed by atoms with Crippen molar-refractivity contribution < 1.29 is 14.0 Å². The molecule has 6 nitrogen and oxygen atoms in total. The van der Waals surface area contributed by atoms with E-state index in [0.29, 0.717) is 17.8 Å². The predicted octanol–water partition coefficient (Wildman–Crippen LogP) is 3.31. The van der Waals surface area contributed by atoms with Gasteiger partial charge in [-0.15, -0.1) is 0 Å². The number of nitrogens with zero attached hydrogens (tertiary/aromatic N) is 2. The zero-order valence-corrected chi connectivity index (χ0v) is 15.7. The number of nitrogens with one attached hydrogen (secondary N) is 1. The van der Waals surface area contributed by atoms with E-state index >= 15 is 0 Å². The van der Waals surface area contributed by atoms with Gasteiger partial charge >= 0.3 is 0 Å². The molecular formula is C20H27N3O3. The molecule has 6 heteroatoms. The van der Waals surface area contributed by atoms with Crippen LogP contribution in [-0.2, 0) is 11.3 Å². The molecule has 3 heterocycles. The summed E-state index contributed by atoms with van der Waals surface area (Å²) in [6.07, 6.45) is 7.23. The van der Waals surface area contributed by atoms with E-state index in [0.717, 1.165) is 31.2 Å². The lowest BCUT2D eigenvalue weighted by Gasteiger charge is -2.46. The Labute approximate surface area is 153 Å². The molecule has 1 fully saturated rings. The molecule has 2 aliphatic rings. The van der Waals surface area contributed by atoms with Gasteiger partial charge in [0.05, 0.1) is 18.3 Å². The highest BCUT2D eigenvalue weighted by Crippen LogP contribution is 2.34. The van der Waals surface area contributed by atoms with Crippen LogP contribution >= 0.6 is 0 Å². The number of fused-ring (bicyclic) bond motifs is 3. The van der Waals surface area contributed by atoms with Crippen LogP contribution in [0.5, 0.6) is 0 Å². The van der Waals surface area contributed by atoms with Crippen LogP contribution in [0.3, 0.4) is 0 Å². The summed E-state index contributed by atoms with van der Waals surface area (Å²) in [7, 11) is 0. The number of carbonyl (C=O) groups excluding carboxylic acids is 2. The quantitative estimate of drug-likeness (QED) is 0.916. The number of amides is 2. The van der Waals surface area contributed by atoms with Crippen molar-refractivity contribution in [1.82, 2.24) is 14.8 Å². The van der Waals surface area contributed by atoms with Gasteiger partial charge in [0.2, 0.25) is 5.91 Å². The minimum absolute atomic E-state index is 0.0533. The number of hydrogen-bond donors (Lipinski definition) is 1. The summed E-state index contributed by atoms with van der Waals surface area (Å²) >= 11 is 0. The predicted molar refractivity (Wildman–Crippen MR) is 98.9 cm³/mol. The van der Waals surface area contributed by atoms with Crippen LogP contribution in [0.4, 0.5) is 0 Å². The maximum atomic E-state index is 13.3. The summed E-state index contributed by atoms with van der Waals surface area (Å²) in [5.74, 6) is -0.165. The van der Waals surface area contributed by atoms with Crippen LogP contribution in [0.1, 0.15) is 63.4 Å². The zero-order chi connectivity index (χ0) is 18.5. The minimum atomic E-state index is -0.918. The fourth-order valence-electron chi connectivity index (χ4n) is 4.63. The van der Waals surface area contributed by atoms with Crippen LogP contribution < -0.4 is 5.32 Å². The van der Waals surface area contributed by atoms with Gasteiger partial charge in [0.1, 0.15) is 11.2 Å². The van der Waals surface area contributed by atoms with Crippen molar-refractivity contribution in [3.8, 4) is 0 Å². The molecule has 2 aromatic rings. The Bertz CT molecular complexity index is 844. The first-order valence-corrected chi connectivity index (χ1v) is 9.63. The first kappa shape index (κ1) is 17.2. The number of rotatable bonds is 3. The lowest BCUT2D eigenvalue weighted by Crippen LogP contribution is -2.66. The molecular weight excluding hydrogens is 330 g/mol. The zero-order valence-electron chi connectivity index (χ0n) is 15.7. The summed E-state index contributed by atoms with van der Waals surface area (Å²) < 4.78 is 7.40. The molecule has 1 aliphatic heterocycles. The Balaban J connectivity index is 1.71. The minimum Gasteiger partial charge on any atom is -0.463 e. The van der Waals surface area contributed by atoms with E-state index in [9.17, 15) is 9.59 Å². The third kappa shape index (κ3) is 2.54. The fourth-order valence-corrected chi connectivity index (χ4v) is 4.63. The van der Waals surface area contributed by atoms with E-state index in [4.69, 9.17) is 4.42 Å². The molecule has 2 amide bonds. The molecule has 1 unspecified atom stereocenters. The average Bonchev–Trinajstić information content (AvgIpc) is 3.18. The molecule has 1 atom stereocenters. The number of aromatic nitrogens is 1. The average molecular weight is 357 g/mol. The van der Waals surface area contributed by atoms with Crippen molar-refractivity contribution in [2.45, 2.75) is 77.0 Å². The molecule has 0 spiro atoms. The molecule has 1 saturated carbocycles. The normalized spacial score (nSPS) is 24.3. The second kappa shape index (κ2) is 6.18. The third-order valence-electron chi connectivity index (χ3n) is 5.90. The summed E-state index contributed by atoms with van der Waals surface area (Å²) in [5, 5.41) is 3.23. The smallest absolute Gasteiger partial charge is 0.271 e. The Morgan fingerprint density at radius 2 is 2.04 bits per heavy atom. The highest BCUT2D eigenvalue weighted by Gasteiger charge is 2.49. The fraction of sp³-hybridized carbons (Fsp3) is 0.600. The van der Waals surface area contributed by atoms with E-state index in [2.05, 4.69) is 5.32 Å². The summed E-state index contributed by atoms with van der Waals surface area (Å²) in [6, 6.07) is 3.79. The van der Waals surface area contributed by atoms with Crippen molar-refractivity contribution >= 4 is 22.9 Å². The monoisotopic (exact) mass is 357 g/mol. The topological polar surface area (TPSA) is 67.5 Å². The molecule has 1 aliphatic carbocycles. The standard InChI is InChI=1S/C20H27N3O3/c1-13(2)23-18(24)16-11-17-15(9-10-26-17)22(16)12-20(23,3)19(25)21-14-7-5-4-6-8-14/h9-11,13-14H,4-8,12H2,1-3H3,(H,21,25). The Hall–Kier alpha value is -2.24. The van der Waals surface area contributed by atoms with Gasteiger partial charge in [-0.25, -0.2) is 0 Å². The Kier molecular flexibility index (Phi) is 4.09. The van der Waals surface area contributed by atoms with Crippen molar-refractivity contribution in [2.24, 2.45) is 0 Å². The molecule has 4 rings (SSSR count). The van der Waals surface area contributed by atoms with Crippen LogP contribution in [0.2, 0.25) is 0 Å². The van der Waals surface area contributed by atoms with Gasteiger partial charge < -0.3 is 19.2 Å². The van der Waals surface area contributed by atoms with E-state index < -0.39 is 5.54 Å². The largest absolute Gasteiger partial charge is 0.463 e. The summed E-state index contributed by atoms with van der Waals surface area (Å²) in [4.78, 5) is 28.3. The van der Waals surface area contributed by atoms with Gasteiger partial charge in [-0.3, -0.25) is 9.59 Å². The SMILES string of the molecule is CC(C)N1C(=O)c2cc3occc3n2CC1(C)C(=O)NC1CCCCC1. The lowest BCUT2D eigenvalue weighted by molar-refractivity contribution is -0.134. The van der Waals surface area contributed by atoms with Crippen LogP contribution in [0, 0.1) is 0 Å². The van der Waals surface area contributed by atoms with Crippen LogP contribution in [0.25, 0.3) is 11.1 Å². The number of hydrogen-bond acceptors (Lipinski definition) is 3. The summed E-state index contributed by atoms with van der Waals surface area (Å²) in [6.45, 7) is 6.26. The molecule has 0 radical (unpaired) electrons. The van der Waals surface area contributed by atoms with E-state index in [1.54, 1.807) is 17.2 Å². The second-order valence-corrected chi connectivity index (χ2v) is 8.14. The third-order valence-corrected chi connectivity index (χ3v) is 5.90. The Morgan fingerprint density at radius 3 is 2.73 bits per heavy atom. The highest BCUT2D eigenvalue weighted by molar-refractivity contribution is 6.03. The van der Waals surface area contributed by atoms with E-state index in [-0.39, 0.29) is 23.9 Å². The first-order valence-electron chi connectivity index (χ1n) is 9.63. The molecule has 140 valence electrons. The van der Waals surface area contributed by atoms with Gasteiger partial charge in [-0.2, -0.15) is 0 Å². The molecule has 0 bridgehead atoms. The maximum Gasteiger partial charge on any atom is 0.271 e. The number of carbonyl (C=O) groups is 2. The molecule has 1 N–H and O–H groups in total. The Morgan fingerprint density at radius 1 is 1.31 bits per heavy atom. The van der Waals surface area contributed by atoms with Crippen molar-refractivity contribution in [3.05, 3.63) is 24.1 Å². The van der Waals surface area contributed by atoms with Gasteiger partial charge in [0.25, 0.3) is 5.91 Å². The van der Waals surface area contributed by atoms with E-state index in [1.807, 2.05) is 31.4 Å². The van der Waals surface area contributed by atoms with Crippen molar-refractivity contribution in [2.75, 3.05) is 0 Å². The van der Waals surface area contributed by atoms with Gasteiger partial charge in [-0.1, -0.05) is 19.3 Å². The molecule has 26 heavy (non-hydrogen) atoms. The number of furan rings is 1. The maximum absolute atomic E-state index is 13.3. The van der Waals surface area contributed by atoms with Crippen LogP contribution in [0.15, 0.2) is 22.8 Å². The first-order chi connectivity index (χ1) is 12.4. The van der Waals surface area contributed by atoms with Crippen LogP contribution in [-0.4, -0.2) is 38.9 Å². The van der Waals surface area contributed by atoms with Gasteiger partial charge in [0, 0.05) is 24.2 Å². The van der Waals surface area contributed by atoms with Gasteiger partial charge in [-0.05, 0) is 33.6 Å².